The number of nitrogens with zero attached hydrogens (tertiary/aromatic N) is 2. The van der Waals surface area contributed by atoms with Crippen LogP contribution in [-0.2, 0) is 4.87 Å². The standard InChI is InChI=1S/C33H32ClN3.ClH/c1-36(2)27-18-14-24(15-19-27)33(34,25-16-20-28(21-17-25)37(3)4)31-22-23-32(30-13-9-8-12-29(30)31)35-26-10-6-5-7-11-26;/h5-23,35H,1-4H3;1H. The smallest absolute Gasteiger partial charge is 0.120 e. The molecule has 0 atom stereocenters. The summed E-state index contributed by atoms with van der Waals surface area (Å²) in [6.07, 6.45) is 0. The van der Waals surface area contributed by atoms with Gasteiger partial charge >= 0.3 is 0 Å². The van der Waals surface area contributed by atoms with Crippen LogP contribution in [-0.4, -0.2) is 28.2 Å². The van der Waals surface area contributed by atoms with Crippen LogP contribution in [0.3, 0.4) is 0 Å². The summed E-state index contributed by atoms with van der Waals surface area (Å²) in [6, 6.07) is 40.2. The topological polar surface area (TPSA) is 18.5 Å². The molecule has 0 spiro atoms. The number of nitrogens with one attached hydrogen (secondary N) is 1. The van der Waals surface area contributed by atoms with E-state index in [0.717, 1.165) is 50.2 Å². The molecule has 5 aromatic rings. The number of fused-ring (bicyclic) bond motifs is 1. The Morgan fingerprint density at radius 2 is 1.03 bits per heavy atom. The Morgan fingerprint density at radius 1 is 0.553 bits per heavy atom. The van der Waals surface area contributed by atoms with Crippen LogP contribution >= 0.6 is 24.0 Å². The summed E-state index contributed by atoms with van der Waals surface area (Å²) >= 11 is 7.82. The molecule has 0 bridgehead atoms. The minimum atomic E-state index is -0.874. The number of anilines is 4. The van der Waals surface area contributed by atoms with Crippen molar-refractivity contribution in [3.8, 4) is 0 Å². The van der Waals surface area contributed by atoms with Crippen LogP contribution in [0.2, 0.25) is 0 Å². The van der Waals surface area contributed by atoms with Gasteiger partial charge in [0.1, 0.15) is 4.87 Å². The average molecular weight is 543 g/mol. The third kappa shape index (κ3) is 5.18. The second-order valence-electron chi connectivity index (χ2n) is 9.74. The van der Waals surface area contributed by atoms with Crippen molar-refractivity contribution in [1.82, 2.24) is 0 Å². The fourth-order valence-electron chi connectivity index (χ4n) is 4.84. The number of hydrogen-bond donors (Lipinski definition) is 1. The number of rotatable bonds is 7. The molecule has 0 aliphatic carbocycles. The van der Waals surface area contributed by atoms with Crippen molar-refractivity contribution in [2.75, 3.05) is 43.3 Å². The molecule has 5 aromatic carbocycles. The molecule has 0 saturated carbocycles. The van der Waals surface area contributed by atoms with Crippen LogP contribution in [0.25, 0.3) is 10.8 Å². The Bertz CT molecular complexity index is 1440. The lowest BCUT2D eigenvalue weighted by atomic mass is 9.81. The van der Waals surface area contributed by atoms with Gasteiger partial charge in [0.05, 0.1) is 0 Å². The summed E-state index contributed by atoms with van der Waals surface area (Å²) < 4.78 is 0. The molecule has 0 aromatic heterocycles. The van der Waals surface area contributed by atoms with Crippen LogP contribution < -0.4 is 15.1 Å². The van der Waals surface area contributed by atoms with E-state index in [9.17, 15) is 0 Å². The van der Waals surface area contributed by atoms with Crippen LogP contribution in [0.5, 0.6) is 0 Å². The average Bonchev–Trinajstić information content (AvgIpc) is 2.93. The summed E-state index contributed by atoms with van der Waals surface area (Å²) in [5.74, 6) is 0. The summed E-state index contributed by atoms with van der Waals surface area (Å²) in [5.41, 5.74) is 7.50. The molecule has 0 unspecified atom stereocenters. The van der Waals surface area contributed by atoms with Crippen molar-refractivity contribution in [2.24, 2.45) is 0 Å². The highest BCUT2D eigenvalue weighted by atomic mass is 35.5. The van der Waals surface area contributed by atoms with Crippen molar-refractivity contribution in [3.63, 3.8) is 0 Å². The number of para-hydroxylation sites is 1. The maximum atomic E-state index is 7.82. The Balaban J connectivity index is 0.00000336. The molecule has 0 radical (unpaired) electrons. The van der Waals surface area contributed by atoms with Gasteiger partial charge in [-0.2, -0.15) is 0 Å². The van der Waals surface area contributed by atoms with Gasteiger partial charge in [0.2, 0.25) is 0 Å². The first-order valence-electron chi connectivity index (χ1n) is 12.5. The Morgan fingerprint density at radius 3 is 1.53 bits per heavy atom. The SMILES string of the molecule is CN(C)c1ccc(C(Cl)(c2ccc(N(C)C)cc2)c2ccc(Nc3ccccc3)c3ccccc23)cc1.Cl. The second-order valence-corrected chi connectivity index (χ2v) is 10.3. The molecule has 0 fully saturated rings. The number of hydrogen-bond acceptors (Lipinski definition) is 3. The van der Waals surface area contributed by atoms with E-state index in [-0.39, 0.29) is 12.4 Å². The Hall–Kier alpha value is -3.66. The van der Waals surface area contributed by atoms with Crippen LogP contribution in [0.4, 0.5) is 22.7 Å². The molecule has 0 aliphatic rings. The first kappa shape index (κ1) is 27.4. The lowest BCUT2D eigenvalue weighted by Gasteiger charge is -2.32. The molecule has 38 heavy (non-hydrogen) atoms. The molecule has 0 amide bonds. The lowest BCUT2D eigenvalue weighted by molar-refractivity contribution is 0.888. The van der Waals surface area contributed by atoms with Crippen molar-refractivity contribution in [3.05, 3.63) is 132 Å². The van der Waals surface area contributed by atoms with E-state index in [4.69, 9.17) is 11.6 Å². The van der Waals surface area contributed by atoms with E-state index >= 15 is 0 Å². The van der Waals surface area contributed by atoms with Gasteiger partial charge in [0.15, 0.2) is 0 Å². The van der Waals surface area contributed by atoms with Gasteiger partial charge < -0.3 is 15.1 Å². The molecule has 194 valence electrons. The van der Waals surface area contributed by atoms with E-state index < -0.39 is 4.87 Å². The predicted octanol–water partition coefficient (Wildman–Crippen LogP) is 8.67. The number of benzene rings is 5. The first-order valence-corrected chi connectivity index (χ1v) is 12.8. The third-order valence-corrected chi connectivity index (χ3v) is 7.55. The van der Waals surface area contributed by atoms with Gasteiger partial charge in [-0.05, 0) is 64.5 Å². The van der Waals surface area contributed by atoms with E-state index in [1.54, 1.807) is 0 Å². The van der Waals surface area contributed by atoms with Gasteiger partial charge in [-0.25, -0.2) is 0 Å². The molecule has 5 heteroatoms. The lowest BCUT2D eigenvalue weighted by Crippen LogP contribution is -2.23. The molecule has 0 saturated heterocycles. The molecule has 0 aliphatic heterocycles. The molecular formula is C33H33Cl2N3. The highest BCUT2D eigenvalue weighted by molar-refractivity contribution is 6.29. The van der Waals surface area contributed by atoms with Crippen LogP contribution in [0, 0.1) is 0 Å². The zero-order valence-corrected chi connectivity index (χ0v) is 23.7. The van der Waals surface area contributed by atoms with E-state index in [1.807, 2.05) is 18.2 Å². The van der Waals surface area contributed by atoms with Crippen LogP contribution in [0.1, 0.15) is 16.7 Å². The van der Waals surface area contributed by atoms with Crippen molar-refractivity contribution < 1.29 is 0 Å². The number of halogens is 2. The summed E-state index contributed by atoms with van der Waals surface area (Å²) in [7, 11) is 8.20. The van der Waals surface area contributed by atoms with E-state index in [2.05, 4.69) is 140 Å². The highest BCUT2D eigenvalue weighted by Crippen LogP contribution is 2.47. The second kappa shape index (κ2) is 11.4. The molecular weight excluding hydrogens is 509 g/mol. The van der Waals surface area contributed by atoms with E-state index in [1.165, 1.54) is 0 Å². The van der Waals surface area contributed by atoms with Gasteiger partial charge in [-0.1, -0.05) is 72.8 Å². The van der Waals surface area contributed by atoms with E-state index in [0.29, 0.717) is 0 Å². The predicted molar refractivity (Wildman–Crippen MR) is 168 cm³/mol. The maximum absolute atomic E-state index is 7.82. The molecule has 1 N–H and O–H groups in total. The minimum Gasteiger partial charge on any atom is -0.378 e. The fraction of sp³-hybridized carbons (Fsp3) is 0.152. The zero-order valence-electron chi connectivity index (χ0n) is 22.2. The normalized spacial score (nSPS) is 11.1. The Kier molecular flexibility index (Phi) is 8.20. The molecule has 5 rings (SSSR count). The number of alkyl halides is 1. The summed E-state index contributed by atoms with van der Waals surface area (Å²) in [4.78, 5) is 3.33. The monoisotopic (exact) mass is 541 g/mol. The minimum absolute atomic E-state index is 0. The largest absolute Gasteiger partial charge is 0.378 e. The maximum Gasteiger partial charge on any atom is 0.120 e. The van der Waals surface area contributed by atoms with Crippen molar-refractivity contribution in [2.45, 2.75) is 4.87 Å². The van der Waals surface area contributed by atoms with Gasteiger partial charge in [-0.15, -0.1) is 24.0 Å². The first-order chi connectivity index (χ1) is 17.9. The quantitative estimate of drug-likeness (QED) is 0.164. The van der Waals surface area contributed by atoms with Crippen LogP contribution in [0.15, 0.2) is 115 Å². The molecule has 3 nitrogen and oxygen atoms in total. The zero-order chi connectivity index (χ0) is 26.0. The van der Waals surface area contributed by atoms with Crippen molar-refractivity contribution >= 4 is 57.5 Å². The highest BCUT2D eigenvalue weighted by Gasteiger charge is 2.36. The Labute approximate surface area is 237 Å². The summed E-state index contributed by atoms with van der Waals surface area (Å²) in [6.45, 7) is 0. The third-order valence-electron chi connectivity index (χ3n) is 6.91. The van der Waals surface area contributed by atoms with Gasteiger partial charge in [0.25, 0.3) is 0 Å². The van der Waals surface area contributed by atoms with Crippen molar-refractivity contribution in [1.29, 1.82) is 0 Å². The molecule has 0 heterocycles. The summed E-state index contributed by atoms with van der Waals surface area (Å²) in [5, 5.41) is 5.84. The van der Waals surface area contributed by atoms with Gasteiger partial charge in [0, 0.05) is 56.3 Å². The fourth-order valence-corrected chi connectivity index (χ4v) is 5.26. The van der Waals surface area contributed by atoms with Gasteiger partial charge in [-0.3, -0.25) is 0 Å².